The fourth-order valence-corrected chi connectivity index (χ4v) is 5.76. The molecule has 1 saturated carbocycles. The van der Waals surface area contributed by atoms with Crippen molar-refractivity contribution >= 4 is 12.4 Å². The summed E-state index contributed by atoms with van der Waals surface area (Å²) in [7, 11) is 0. The van der Waals surface area contributed by atoms with Gasteiger partial charge in [0.25, 0.3) is 0 Å². The molecule has 2 aromatic carbocycles. The lowest BCUT2D eigenvalue weighted by atomic mass is 9.93. The van der Waals surface area contributed by atoms with E-state index in [1.165, 1.54) is 11.1 Å². The summed E-state index contributed by atoms with van der Waals surface area (Å²) < 4.78 is 0. The summed E-state index contributed by atoms with van der Waals surface area (Å²) in [6.07, 6.45) is 10.5. The SMILES string of the molecule is CC(C)Cc1cc(C=NC2CCCC2N=Cc2cc(CC(C)C)cc(CC(C)C)c2O)c(O)c(CC(C)C)c1. The maximum absolute atomic E-state index is 11.0. The minimum atomic E-state index is 0.0825. The van der Waals surface area contributed by atoms with Gasteiger partial charge in [0.1, 0.15) is 11.5 Å². The van der Waals surface area contributed by atoms with E-state index in [4.69, 9.17) is 9.98 Å². The van der Waals surface area contributed by atoms with Crippen molar-refractivity contribution in [3.05, 3.63) is 57.6 Å². The first-order chi connectivity index (χ1) is 18.4. The summed E-state index contributed by atoms with van der Waals surface area (Å²) >= 11 is 0. The lowest BCUT2D eigenvalue weighted by Crippen LogP contribution is -2.16. The van der Waals surface area contributed by atoms with Crippen LogP contribution in [0.5, 0.6) is 11.5 Å². The van der Waals surface area contributed by atoms with Crippen LogP contribution in [0.2, 0.25) is 0 Å². The summed E-state index contributed by atoms with van der Waals surface area (Å²) in [6, 6.07) is 8.71. The number of benzene rings is 2. The van der Waals surface area contributed by atoms with Crippen molar-refractivity contribution in [2.45, 2.75) is 112 Å². The molecule has 2 unspecified atom stereocenters. The topological polar surface area (TPSA) is 65.2 Å². The van der Waals surface area contributed by atoms with Crippen LogP contribution in [0.4, 0.5) is 0 Å². The zero-order chi connectivity index (χ0) is 28.7. The van der Waals surface area contributed by atoms with Crippen molar-refractivity contribution in [3.63, 3.8) is 0 Å². The molecule has 0 amide bonds. The smallest absolute Gasteiger partial charge is 0.127 e. The highest BCUT2D eigenvalue weighted by Crippen LogP contribution is 2.31. The van der Waals surface area contributed by atoms with E-state index in [0.717, 1.165) is 67.2 Å². The standard InChI is InChI=1S/C35H52N2O2/c1-22(2)12-26-16-28(14-24(5)6)34(38)30(18-26)20-36-32-10-9-11-33(32)37-21-31-19-27(13-23(3)4)17-29(35(31)39)15-25(7)8/h16-25,32-33,38-39H,9-15H2,1-8H3. The van der Waals surface area contributed by atoms with Gasteiger partial charge in [-0.3, -0.25) is 9.98 Å². The summed E-state index contributed by atoms with van der Waals surface area (Å²) in [5.74, 6) is 2.78. The Hall–Kier alpha value is -2.62. The Balaban J connectivity index is 1.86. The van der Waals surface area contributed by atoms with Crippen LogP contribution < -0.4 is 0 Å². The van der Waals surface area contributed by atoms with Gasteiger partial charge in [0.15, 0.2) is 0 Å². The van der Waals surface area contributed by atoms with Gasteiger partial charge in [-0.15, -0.1) is 0 Å². The Morgan fingerprint density at radius 1 is 0.615 bits per heavy atom. The molecule has 3 rings (SSSR count). The van der Waals surface area contributed by atoms with E-state index in [9.17, 15) is 10.2 Å². The third-order valence-electron chi connectivity index (χ3n) is 7.35. The van der Waals surface area contributed by atoms with Crippen molar-refractivity contribution < 1.29 is 10.2 Å². The number of phenolic OH excluding ortho intramolecular Hbond substituents is 2. The van der Waals surface area contributed by atoms with Gasteiger partial charge in [0.05, 0.1) is 12.1 Å². The Bertz CT molecular complexity index is 1050. The van der Waals surface area contributed by atoms with Crippen LogP contribution in [0.25, 0.3) is 0 Å². The van der Waals surface area contributed by atoms with Crippen molar-refractivity contribution in [3.8, 4) is 11.5 Å². The second kappa shape index (κ2) is 14.1. The molecule has 0 radical (unpaired) electrons. The minimum Gasteiger partial charge on any atom is -0.507 e. The van der Waals surface area contributed by atoms with Crippen LogP contribution in [-0.2, 0) is 25.7 Å². The molecule has 0 aliphatic heterocycles. The second-order valence-corrected chi connectivity index (χ2v) is 13.4. The highest BCUT2D eigenvalue weighted by atomic mass is 16.3. The van der Waals surface area contributed by atoms with E-state index in [2.05, 4.69) is 79.7 Å². The number of hydrogen-bond donors (Lipinski definition) is 2. The molecular weight excluding hydrogens is 480 g/mol. The highest BCUT2D eigenvalue weighted by Gasteiger charge is 2.26. The number of rotatable bonds is 12. The zero-order valence-electron chi connectivity index (χ0n) is 25.7. The maximum Gasteiger partial charge on any atom is 0.127 e. The monoisotopic (exact) mass is 532 g/mol. The van der Waals surface area contributed by atoms with Crippen LogP contribution in [0.3, 0.4) is 0 Å². The summed E-state index contributed by atoms with van der Waals surface area (Å²) in [6.45, 7) is 17.7. The normalized spacial score (nSPS) is 18.3. The maximum atomic E-state index is 11.0. The Kier molecular flexibility index (Phi) is 11.2. The Labute approximate surface area is 237 Å². The van der Waals surface area contributed by atoms with Gasteiger partial charge in [-0.05, 0) is 103 Å². The van der Waals surface area contributed by atoms with E-state index in [1.54, 1.807) is 0 Å². The van der Waals surface area contributed by atoms with Crippen LogP contribution in [0.15, 0.2) is 34.3 Å². The first kappa shape index (κ1) is 30.9. The van der Waals surface area contributed by atoms with E-state index in [-0.39, 0.29) is 12.1 Å². The lowest BCUT2D eigenvalue weighted by Gasteiger charge is -2.16. The number of nitrogens with zero attached hydrogens (tertiary/aromatic N) is 2. The van der Waals surface area contributed by atoms with Gasteiger partial charge >= 0.3 is 0 Å². The number of hydrogen-bond acceptors (Lipinski definition) is 4. The molecule has 0 bridgehead atoms. The van der Waals surface area contributed by atoms with Gasteiger partial charge in [0, 0.05) is 23.6 Å². The average molecular weight is 533 g/mol. The van der Waals surface area contributed by atoms with Gasteiger partial charge in [0.2, 0.25) is 0 Å². The summed E-state index contributed by atoms with van der Waals surface area (Å²) in [4.78, 5) is 9.93. The van der Waals surface area contributed by atoms with Crippen LogP contribution in [-0.4, -0.2) is 34.7 Å². The molecule has 1 fully saturated rings. The average Bonchev–Trinajstić information content (AvgIpc) is 3.27. The molecule has 2 aromatic rings. The van der Waals surface area contributed by atoms with Crippen LogP contribution in [0.1, 0.15) is 108 Å². The second-order valence-electron chi connectivity index (χ2n) is 13.4. The first-order valence-corrected chi connectivity index (χ1v) is 15.2. The van der Waals surface area contributed by atoms with Gasteiger partial charge in [-0.2, -0.15) is 0 Å². The van der Waals surface area contributed by atoms with Crippen LogP contribution >= 0.6 is 0 Å². The van der Waals surface area contributed by atoms with Crippen molar-refractivity contribution in [1.82, 2.24) is 0 Å². The fraction of sp³-hybridized carbons (Fsp3) is 0.600. The summed E-state index contributed by atoms with van der Waals surface area (Å²) in [5.41, 5.74) is 6.18. The molecule has 1 aliphatic carbocycles. The van der Waals surface area contributed by atoms with Crippen molar-refractivity contribution in [1.29, 1.82) is 0 Å². The van der Waals surface area contributed by atoms with E-state index in [0.29, 0.717) is 35.2 Å². The molecule has 4 nitrogen and oxygen atoms in total. The molecule has 0 spiro atoms. The molecule has 2 atom stereocenters. The predicted octanol–water partition coefficient (Wildman–Crippen LogP) is 8.35. The molecule has 4 heteroatoms. The first-order valence-electron chi connectivity index (χ1n) is 15.2. The molecule has 0 saturated heterocycles. The quantitative estimate of drug-likeness (QED) is 0.270. The van der Waals surface area contributed by atoms with Crippen molar-refractivity contribution in [2.75, 3.05) is 0 Å². The summed E-state index contributed by atoms with van der Waals surface area (Å²) in [5, 5.41) is 22.1. The Morgan fingerprint density at radius 3 is 1.31 bits per heavy atom. The minimum absolute atomic E-state index is 0.0825. The van der Waals surface area contributed by atoms with E-state index in [1.807, 2.05) is 12.4 Å². The Morgan fingerprint density at radius 2 is 0.974 bits per heavy atom. The number of phenols is 2. The third-order valence-corrected chi connectivity index (χ3v) is 7.35. The molecular formula is C35H52N2O2. The van der Waals surface area contributed by atoms with Gasteiger partial charge < -0.3 is 10.2 Å². The molecule has 1 aliphatic rings. The molecule has 0 heterocycles. The van der Waals surface area contributed by atoms with E-state index >= 15 is 0 Å². The molecule has 39 heavy (non-hydrogen) atoms. The van der Waals surface area contributed by atoms with Crippen LogP contribution in [0, 0.1) is 23.7 Å². The van der Waals surface area contributed by atoms with Crippen molar-refractivity contribution in [2.24, 2.45) is 33.7 Å². The number of aliphatic imine (C=N–C) groups is 2. The predicted molar refractivity (Wildman–Crippen MR) is 167 cm³/mol. The fourth-order valence-electron chi connectivity index (χ4n) is 5.76. The molecule has 2 N–H and O–H groups in total. The lowest BCUT2D eigenvalue weighted by molar-refractivity contribution is 0.460. The third kappa shape index (κ3) is 9.22. The van der Waals surface area contributed by atoms with Gasteiger partial charge in [-0.25, -0.2) is 0 Å². The largest absolute Gasteiger partial charge is 0.507 e. The highest BCUT2D eigenvalue weighted by molar-refractivity contribution is 5.86. The molecule has 0 aromatic heterocycles. The molecule has 214 valence electrons. The number of aromatic hydroxyl groups is 2. The van der Waals surface area contributed by atoms with E-state index < -0.39 is 0 Å². The van der Waals surface area contributed by atoms with Gasteiger partial charge in [-0.1, -0.05) is 67.5 Å². The zero-order valence-corrected chi connectivity index (χ0v) is 25.7.